The molecule has 2 heteroatoms. The van der Waals surface area contributed by atoms with Crippen LogP contribution in [0.15, 0.2) is 24.3 Å². The summed E-state index contributed by atoms with van der Waals surface area (Å²) >= 11 is 0. The van der Waals surface area contributed by atoms with Gasteiger partial charge in [0.25, 0.3) is 0 Å². The Morgan fingerprint density at radius 1 is 1.46 bits per heavy atom. The Balaban J connectivity index is 2.18. The molecule has 1 aromatic rings. The topological polar surface area (TPSA) is 38.0 Å². The highest BCUT2D eigenvalue weighted by atomic mass is 14.9. The Labute approximate surface area is 79.1 Å². The molecule has 1 saturated heterocycles. The van der Waals surface area contributed by atoms with Crippen molar-refractivity contribution >= 4 is 0 Å². The van der Waals surface area contributed by atoms with Crippen molar-refractivity contribution in [1.29, 1.82) is 0 Å². The van der Waals surface area contributed by atoms with Gasteiger partial charge in [-0.25, -0.2) is 0 Å². The number of nitrogens with one attached hydrogen (secondary N) is 1. The number of hydrogen-bond acceptors (Lipinski definition) is 2. The van der Waals surface area contributed by atoms with Crippen molar-refractivity contribution in [2.24, 2.45) is 5.73 Å². The van der Waals surface area contributed by atoms with E-state index >= 15 is 0 Å². The zero-order valence-corrected chi connectivity index (χ0v) is 7.79. The zero-order chi connectivity index (χ0) is 9.10. The van der Waals surface area contributed by atoms with Crippen LogP contribution in [0.25, 0.3) is 0 Å². The van der Waals surface area contributed by atoms with Crippen LogP contribution in [0.2, 0.25) is 0 Å². The van der Waals surface area contributed by atoms with Crippen LogP contribution in [-0.4, -0.2) is 13.1 Å². The van der Waals surface area contributed by atoms with Gasteiger partial charge in [-0.3, -0.25) is 0 Å². The standard InChI is InChI=1S/C11H16N2/c12-7-9-2-1-3-10(6-9)11-4-5-13-8-11/h1-3,6,11,13H,4-5,7-8,12H2. The van der Waals surface area contributed by atoms with E-state index in [-0.39, 0.29) is 0 Å². The summed E-state index contributed by atoms with van der Waals surface area (Å²) in [5.74, 6) is 0.700. The van der Waals surface area contributed by atoms with Crippen molar-refractivity contribution in [2.45, 2.75) is 18.9 Å². The fourth-order valence-corrected chi connectivity index (χ4v) is 1.91. The van der Waals surface area contributed by atoms with Crippen molar-refractivity contribution in [3.63, 3.8) is 0 Å². The van der Waals surface area contributed by atoms with Crippen LogP contribution in [0.3, 0.4) is 0 Å². The molecule has 1 aliphatic heterocycles. The molecule has 0 aromatic heterocycles. The minimum absolute atomic E-state index is 0.647. The predicted molar refractivity (Wildman–Crippen MR) is 54.6 cm³/mol. The second-order valence-corrected chi connectivity index (χ2v) is 3.64. The molecule has 0 saturated carbocycles. The Hall–Kier alpha value is -0.860. The van der Waals surface area contributed by atoms with E-state index in [2.05, 4.69) is 29.6 Å². The van der Waals surface area contributed by atoms with Crippen LogP contribution >= 0.6 is 0 Å². The first kappa shape index (κ1) is 8.73. The van der Waals surface area contributed by atoms with E-state index < -0.39 is 0 Å². The molecular weight excluding hydrogens is 160 g/mol. The van der Waals surface area contributed by atoms with E-state index in [9.17, 15) is 0 Å². The molecule has 0 amide bonds. The molecule has 0 bridgehead atoms. The molecule has 1 atom stereocenters. The van der Waals surface area contributed by atoms with Gasteiger partial charge in [0.1, 0.15) is 0 Å². The maximum atomic E-state index is 5.60. The maximum Gasteiger partial charge on any atom is 0.0178 e. The molecule has 1 heterocycles. The van der Waals surface area contributed by atoms with Crippen molar-refractivity contribution in [1.82, 2.24) is 5.32 Å². The Morgan fingerprint density at radius 2 is 2.38 bits per heavy atom. The van der Waals surface area contributed by atoms with Gasteiger partial charge in [0, 0.05) is 13.1 Å². The Morgan fingerprint density at radius 3 is 3.08 bits per heavy atom. The van der Waals surface area contributed by atoms with Crippen molar-refractivity contribution < 1.29 is 0 Å². The third-order valence-corrected chi connectivity index (χ3v) is 2.72. The molecule has 2 rings (SSSR count). The molecule has 1 fully saturated rings. The summed E-state index contributed by atoms with van der Waals surface area (Å²) in [5.41, 5.74) is 8.28. The largest absolute Gasteiger partial charge is 0.326 e. The molecule has 0 radical (unpaired) electrons. The van der Waals surface area contributed by atoms with Gasteiger partial charge in [-0.1, -0.05) is 24.3 Å². The third kappa shape index (κ3) is 1.90. The first-order chi connectivity index (χ1) is 6.40. The third-order valence-electron chi connectivity index (χ3n) is 2.72. The predicted octanol–water partition coefficient (Wildman–Crippen LogP) is 1.22. The Bertz CT molecular complexity index is 277. The summed E-state index contributed by atoms with van der Waals surface area (Å²) in [4.78, 5) is 0. The van der Waals surface area contributed by atoms with E-state index in [0.29, 0.717) is 12.5 Å². The highest BCUT2D eigenvalue weighted by Crippen LogP contribution is 2.22. The zero-order valence-electron chi connectivity index (χ0n) is 7.79. The molecule has 2 nitrogen and oxygen atoms in total. The molecule has 1 unspecified atom stereocenters. The molecule has 3 N–H and O–H groups in total. The van der Waals surface area contributed by atoms with E-state index in [1.54, 1.807) is 0 Å². The van der Waals surface area contributed by atoms with Crippen molar-refractivity contribution in [3.8, 4) is 0 Å². The van der Waals surface area contributed by atoms with Crippen LogP contribution in [0.4, 0.5) is 0 Å². The molecule has 0 aliphatic carbocycles. The first-order valence-corrected chi connectivity index (χ1v) is 4.90. The second kappa shape index (κ2) is 3.90. The summed E-state index contributed by atoms with van der Waals surface area (Å²) < 4.78 is 0. The smallest absolute Gasteiger partial charge is 0.0178 e. The summed E-state index contributed by atoms with van der Waals surface area (Å²) in [7, 11) is 0. The van der Waals surface area contributed by atoms with E-state index in [0.717, 1.165) is 13.1 Å². The fourth-order valence-electron chi connectivity index (χ4n) is 1.91. The molecule has 1 aromatic carbocycles. The minimum atomic E-state index is 0.647. The van der Waals surface area contributed by atoms with Crippen LogP contribution in [0.1, 0.15) is 23.5 Å². The van der Waals surface area contributed by atoms with Crippen LogP contribution in [0, 0.1) is 0 Å². The SMILES string of the molecule is NCc1cccc(C2CCNC2)c1. The first-order valence-electron chi connectivity index (χ1n) is 4.90. The highest BCUT2D eigenvalue weighted by Gasteiger charge is 2.15. The molecule has 1 aliphatic rings. The maximum absolute atomic E-state index is 5.60. The van der Waals surface area contributed by atoms with Gasteiger partial charge in [0.05, 0.1) is 0 Å². The molecule has 0 spiro atoms. The van der Waals surface area contributed by atoms with Crippen LogP contribution in [0.5, 0.6) is 0 Å². The normalized spacial score (nSPS) is 22.1. The lowest BCUT2D eigenvalue weighted by atomic mass is 9.97. The second-order valence-electron chi connectivity index (χ2n) is 3.64. The average Bonchev–Trinajstić information content (AvgIpc) is 2.71. The monoisotopic (exact) mass is 176 g/mol. The lowest BCUT2D eigenvalue weighted by Crippen LogP contribution is -2.08. The van der Waals surface area contributed by atoms with Crippen molar-refractivity contribution in [2.75, 3.05) is 13.1 Å². The van der Waals surface area contributed by atoms with Gasteiger partial charge in [-0.2, -0.15) is 0 Å². The molecule has 13 heavy (non-hydrogen) atoms. The van der Waals surface area contributed by atoms with Gasteiger partial charge in [0.2, 0.25) is 0 Å². The van der Waals surface area contributed by atoms with Gasteiger partial charge in [0.15, 0.2) is 0 Å². The highest BCUT2D eigenvalue weighted by molar-refractivity contribution is 5.27. The van der Waals surface area contributed by atoms with Crippen LogP contribution in [-0.2, 0) is 6.54 Å². The van der Waals surface area contributed by atoms with E-state index in [1.807, 2.05) is 0 Å². The fraction of sp³-hybridized carbons (Fsp3) is 0.455. The number of hydrogen-bond donors (Lipinski definition) is 2. The van der Waals surface area contributed by atoms with Crippen LogP contribution < -0.4 is 11.1 Å². The summed E-state index contributed by atoms with van der Waals surface area (Å²) in [6, 6.07) is 8.64. The summed E-state index contributed by atoms with van der Waals surface area (Å²) in [6.45, 7) is 2.92. The minimum Gasteiger partial charge on any atom is -0.326 e. The Kier molecular flexibility index (Phi) is 2.62. The summed E-state index contributed by atoms with van der Waals surface area (Å²) in [5, 5.41) is 3.38. The van der Waals surface area contributed by atoms with Gasteiger partial charge >= 0.3 is 0 Å². The number of benzene rings is 1. The molecule has 70 valence electrons. The number of nitrogens with two attached hydrogens (primary N) is 1. The van der Waals surface area contributed by atoms with Gasteiger partial charge in [-0.05, 0) is 30.0 Å². The number of rotatable bonds is 2. The lowest BCUT2D eigenvalue weighted by molar-refractivity contribution is 0.761. The van der Waals surface area contributed by atoms with Crippen molar-refractivity contribution in [3.05, 3.63) is 35.4 Å². The lowest BCUT2D eigenvalue weighted by Gasteiger charge is -2.09. The van der Waals surface area contributed by atoms with Gasteiger partial charge < -0.3 is 11.1 Å². The quantitative estimate of drug-likeness (QED) is 0.711. The van der Waals surface area contributed by atoms with E-state index in [1.165, 1.54) is 17.5 Å². The van der Waals surface area contributed by atoms with E-state index in [4.69, 9.17) is 5.73 Å². The van der Waals surface area contributed by atoms with Gasteiger partial charge in [-0.15, -0.1) is 0 Å². The average molecular weight is 176 g/mol. The summed E-state index contributed by atoms with van der Waals surface area (Å²) in [6.07, 6.45) is 1.26. The molecular formula is C11H16N2.